The molecule has 202 valence electrons. The number of aromatic nitrogens is 3. The lowest BCUT2D eigenvalue weighted by molar-refractivity contribution is -0.239. The van der Waals surface area contributed by atoms with Crippen LogP contribution in [0.15, 0.2) is 50.7 Å². The van der Waals surface area contributed by atoms with Crippen molar-refractivity contribution >= 4 is 27.5 Å². The van der Waals surface area contributed by atoms with Crippen molar-refractivity contribution in [2.45, 2.75) is 58.1 Å². The molecule has 2 atom stereocenters. The van der Waals surface area contributed by atoms with Crippen molar-refractivity contribution in [3.63, 3.8) is 0 Å². The molecule has 3 aromatic heterocycles. The van der Waals surface area contributed by atoms with E-state index >= 15 is 0 Å². The Kier molecular flexibility index (Phi) is 6.98. The van der Waals surface area contributed by atoms with Crippen molar-refractivity contribution in [2.75, 3.05) is 6.61 Å². The van der Waals surface area contributed by atoms with Gasteiger partial charge in [-0.1, -0.05) is 24.3 Å². The fourth-order valence-corrected chi connectivity index (χ4v) is 5.86. The van der Waals surface area contributed by atoms with E-state index in [1.165, 1.54) is 30.9 Å². The van der Waals surface area contributed by atoms with Gasteiger partial charge >= 0.3 is 11.7 Å². The highest BCUT2D eigenvalue weighted by Crippen LogP contribution is 2.37. The second kappa shape index (κ2) is 10.3. The van der Waals surface area contributed by atoms with Gasteiger partial charge in [0.15, 0.2) is 6.29 Å². The van der Waals surface area contributed by atoms with Crippen LogP contribution in [-0.4, -0.2) is 38.1 Å². The molecule has 1 fully saturated rings. The molecule has 0 bridgehead atoms. The first-order valence-corrected chi connectivity index (χ1v) is 13.1. The molecular weight excluding hydrogens is 524 g/mol. The smallest absolute Gasteiger partial charge is 0.333 e. The van der Waals surface area contributed by atoms with Gasteiger partial charge in [-0.25, -0.2) is 19.1 Å². The van der Waals surface area contributed by atoms with Crippen LogP contribution in [0.2, 0.25) is 0 Å². The van der Waals surface area contributed by atoms with Crippen LogP contribution in [0, 0.1) is 18.3 Å². The highest BCUT2D eigenvalue weighted by Gasteiger charge is 2.36. The van der Waals surface area contributed by atoms with Crippen LogP contribution in [0.3, 0.4) is 0 Å². The quantitative estimate of drug-likeness (QED) is 0.330. The minimum absolute atomic E-state index is 0.0570. The second-order valence-electron chi connectivity index (χ2n) is 9.72. The van der Waals surface area contributed by atoms with E-state index in [1.54, 1.807) is 6.92 Å². The number of nitrogens with zero attached hydrogens (tertiary/aromatic N) is 4. The van der Waals surface area contributed by atoms with Crippen LogP contribution in [0.5, 0.6) is 0 Å². The van der Waals surface area contributed by atoms with Crippen LogP contribution in [0.1, 0.15) is 43.1 Å². The van der Waals surface area contributed by atoms with Crippen molar-refractivity contribution in [1.29, 1.82) is 5.26 Å². The van der Waals surface area contributed by atoms with E-state index < -0.39 is 35.2 Å². The number of aliphatic carboxylic acids is 1. The number of carboxylic acids is 1. The summed E-state index contributed by atoms with van der Waals surface area (Å²) in [6, 6.07) is 9.44. The molecule has 4 heterocycles. The topological polar surface area (TPSA) is 150 Å². The number of carbonyl (C=O) groups is 1. The van der Waals surface area contributed by atoms with Crippen LogP contribution < -0.4 is 11.2 Å². The van der Waals surface area contributed by atoms with E-state index in [4.69, 9.17) is 13.9 Å². The molecule has 1 aliphatic heterocycles. The number of fused-ring (bicyclic) bond motifs is 1. The molecule has 12 heteroatoms. The van der Waals surface area contributed by atoms with E-state index in [-0.39, 0.29) is 24.2 Å². The third-order valence-corrected chi connectivity index (χ3v) is 8.22. The van der Waals surface area contributed by atoms with Crippen molar-refractivity contribution in [3.8, 4) is 16.8 Å². The molecule has 1 aliphatic rings. The summed E-state index contributed by atoms with van der Waals surface area (Å²) in [5.74, 6) is -1.05. The molecule has 11 nitrogen and oxygen atoms in total. The molecule has 1 N–H and O–H groups in total. The standard InChI is InChI=1S/C27H26N4O7S/c1-15-20-23(32)31(27(2,3)25(33)34)26(35)30(24(20)39-21(15)22-29-11-13-37-22)14-18(38-19-9-12-36-19)17-7-5-4-6-16(17)8-10-28/h4-7,11,13,18-19H,8-9,12,14H2,1-3H3,(H,33,34)/t18-,19?/m0/s1. The Morgan fingerprint density at radius 1 is 1.36 bits per heavy atom. The van der Waals surface area contributed by atoms with E-state index in [0.717, 1.165) is 21.5 Å². The monoisotopic (exact) mass is 550 g/mol. The fourth-order valence-electron chi connectivity index (χ4n) is 4.62. The van der Waals surface area contributed by atoms with Crippen molar-refractivity contribution in [1.82, 2.24) is 14.1 Å². The number of aryl methyl sites for hydroxylation is 1. The number of nitriles is 1. The number of thiophene rings is 1. The average molecular weight is 551 g/mol. The maximum Gasteiger partial charge on any atom is 0.333 e. The summed E-state index contributed by atoms with van der Waals surface area (Å²) in [4.78, 5) is 45.0. The molecule has 39 heavy (non-hydrogen) atoms. The Morgan fingerprint density at radius 3 is 2.72 bits per heavy atom. The van der Waals surface area contributed by atoms with Crippen LogP contribution in [0.25, 0.3) is 21.0 Å². The van der Waals surface area contributed by atoms with Gasteiger partial charge in [0, 0.05) is 6.42 Å². The number of benzene rings is 1. The van der Waals surface area contributed by atoms with Gasteiger partial charge in [-0.15, -0.1) is 11.3 Å². The van der Waals surface area contributed by atoms with E-state index in [1.807, 2.05) is 24.3 Å². The molecule has 1 saturated heterocycles. The molecule has 1 aromatic carbocycles. The fraction of sp³-hybridized carbons (Fsp3) is 0.370. The maximum atomic E-state index is 14.0. The first-order chi connectivity index (χ1) is 18.6. The lowest BCUT2D eigenvalue weighted by Gasteiger charge is -2.32. The maximum absolute atomic E-state index is 14.0. The Balaban J connectivity index is 1.78. The van der Waals surface area contributed by atoms with Gasteiger partial charge in [-0.05, 0) is 37.5 Å². The Hall–Kier alpha value is -4.05. The normalized spacial score (nSPS) is 16.1. The summed E-state index contributed by atoms with van der Waals surface area (Å²) in [5.41, 5.74) is -1.39. The lowest BCUT2D eigenvalue weighted by Crippen LogP contribution is -2.52. The number of carboxylic acid groups (broad SMARTS) is 1. The van der Waals surface area contributed by atoms with Gasteiger partial charge in [-0.3, -0.25) is 9.36 Å². The highest BCUT2D eigenvalue weighted by atomic mass is 32.1. The number of hydrogen-bond donors (Lipinski definition) is 1. The van der Waals surface area contributed by atoms with Gasteiger partial charge in [0.05, 0.1) is 42.1 Å². The Labute approximate surface area is 226 Å². The first-order valence-electron chi connectivity index (χ1n) is 12.3. The summed E-state index contributed by atoms with van der Waals surface area (Å²) in [6.07, 6.45) is 2.46. The molecule has 5 rings (SSSR count). The molecule has 0 saturated carbocycles. The van der Waals surface area contributed by atoms with E-state index in [9.17, 15) is 24.8 Å². The van der Waals surface area contributed by atoms with E-state index in [2.05, 4.69) is 11.1 Å². The van der Waals surface area contributed by atoms with Gasteiger partial charge < -0.3 is 19.0 Å². The zero-order chi connectivity index (χ0) is 27.9. The molecule has 0 aliphatic carbocycles. The highest BCUT2D eigenvalue weighted by molar-refractivity contribution is 7.22. The van der Waals surface area contributed by atoms with Gasteiger partial charge in [-0.2, -0.15) is 5.26 Å². The molecular formula is C27H26N4O7S. The Bertz CT molecular complexity index is 1700. The molecule has 0 spiro atoms. The van der Waals surface area contributed by atoms with Crippen LogP contribution in [-0.2, 0) is 32.8 Å². The number of oxazole rings is 1. The second-order valence-corrected chi connectivity index (χ2v) is 10.7. The SMILES string of the molecule is Cc1c(-c2ncco2)sc2c1c(=O)n(C(C)(C)C(=O)O)c(=O)n2C[C@H](OC1CCO1)c1ccccc1CC#N. The minimum atomic E-state index is -1.84. The van der Waals surface area contributed by atoms with Crippen LogP contribution >= 0.6 is 11.3 Å². The van der Waals surface area contributed by atoms with Crippen molar-refractivity contribution in [3.05, 3.63) is 74.3 Å². The van der Waals surface area contributed by atoms with Gasteiger partial charge in [0.1, 0.15) is 22.7 Å². The molecule has 0 radical (unpaired) electrons. The first kappa shape index (κ1) is 26.6. The predicted molar refractivity (Wildman–Crippen MR) is 141 cm³/mol. The van der Waals surface area contributed by atoms with E-state index in [0.29, 0.717) is 33.9 Å². The minimum Gasteiger partial charge on any atom is -0.480 e. The average Bonchev–Trinajstić information content (AvgIpc) is 3.51. The lowest BCUT2D eigenvalue weighted by atomic mass is 9.99. The summed E-state index contributed by atoms with van der Waals surface area (Å²) in [5, 5.41) is 19.5. The molecule has 0 amide bonds. The predicted octanol–water partition coefficient (Wildman–Crippen LogP) is 3.58. The van der Waals surface area contributed by atoms with Crippen LogP contribution in [0.4, 0.5) is 0 Å². The molecule has 1 unspecified atom stereocenters. The number of ether oxygens (including phenoxy) is 2. The zero-order valence-corrected chi connectivity index (χ0v) is 22.4. The third kappa shape index (κ3) is 4.58. The summed E-state index contributed by atoms with van der Waals surface area (Å²) in [6.45, 7) is 4.82. The zero-order valence-electron chi connectivity index (χ0n) is 21.5. The third-order valence-electron chi connectivity index (χ3n) is 6.91. The summed E-state index contributed by atoms with van der Waals surface area (Å²) < 4.78 is 19.4. The van der Waals surface area contributed by atoms with Gasteiger partial charge in [0.25, 0.3) is 5.56 Å². The Morgan fingerprint density at radius 2 is 2.10 bits per heavy atom. The van der Waals surface area contributed by atoms with Gasteiger partial charge in [0.2, 0.25) is 5.89 Å². The van der Waals surface area contributed by atoms with Crippen molar-refractivity contribution in [2.24, 2.45) is 0 Å². The van der Waals surface area contributed by atoms with Crippen molar-refractivity contribution < 1.29 is 23.8 Å². The summed E-state index contributed by atoms with van der Waals surface area (Å²) >= 11 is 1.16. The number of hydrogen-bond acceptors (Lipinski definition) is 9. The summed E-state index contributed by atoms with van der Waals surface area (Å²) in [7, 11) is 0. The largest absolute Gasteiger partial charge is 0.480 e. The number of rotatable bonds is 9. The molecule has 4 aromatic rings.